The average Bonchev–Trinajstić information content (AvgIpc) is 2.63. The highest BCUT2D eigenvalue weighted by atomic mass is 16.2. The van der Waals surface area contributed by atoms with Gasteiger partial charge in [0.1, 0.15) is 0 Å². The average molecular weight is 258 g/mol. The molecule has 2 aliphatic heterocycles. The van der Waals surface area contributed by atoms with Crippen molar-refractivity contribution in [2.75, 3.05) is 13.1 Å². The Hall–Kier alpha value is -1.68. The first-order chi connectivity index (χ1) is 9.03. The summed E-state index contributed by atoms with van der Waals surface area (Å²) in [6, 6.07) is 5.48. The third kappa shape index (κ3) is 1.78. The van der Waals surface area contributed by atoms with Gasteiger partial charge in [0.2, 0.25) is 0 Å². The van der Waals surface area contributed by atoms with Crippen LogP contribution in [-0.2, 0) is 0 Å². The fourth-order valence-electron chi connectivity index (χ4n) is 3.03. The number of amides is 2. The highest BCUT2D eigenvalue weighted by Gasteiger charge is 2.46. The van der Waals surface area contributed by atoms with Gasteiger partial charge in [-0.2, -0.15) is 0 Å². The maximum absolute atomic E-state index is 12.5. The van der Waals surface area contributed by atoms with Crippen LogP contribution in [0.4, 0.5) is 0 Å². The van der Waals surface area contributed by atoms with Gasteiger partial charge >= 0.3 is 0 Å². The number of imide groups is 1. The van der Waals surface area contributed by atoms with Gasteiger partial charge in [0.15, 0.2) is 0 Å². The summed E-state index contributed by atoms with van der Waals surface area (Å²) in [4.78, 5) is 26.5. The van der Waals surface area contributed by atoms with Crippen LogP contribution >= 0.6 is 0 Å². The van der Waals surface area contributed by atoms with Crippen LogP contribution in [-0.4, -0.2) is 35.3 Å². The van der Waals surface area contributed by atoms with Gasteiger partial charge in [-0.15, -0.1) is 0 Å². The van der Waals surface area contributed by atoms with Crippen molar-refractivity contribution in [1.82, 2.24) is 10.2 Å². The van der Waals surface area contributed by atoms with Crippen LogP contribution in [0.2, 0.25) is 0 Å². The summed E-state index contributed by atoms with van der Waals surface area (Å²) in [5, 5.41) is 3.27. The van der Waals surface area contributed by atoms with Crippen LogP contribution in [0.1, 0.15) is 46.0 Å². The van der Waals surface area contributed by atoms with Crippen molar-refractivity contribution >= 4 is 11.8 Å². The van der Waals surface area contributed by atoms with Crippen molar-refractivity contribution in [2.45, 2.75) is 32.2 Å². The zero-order valence-electron chi connectivity index (χ0n) is 11.3. The number of carbonyl (C=O) groups excluding carboxylic acids is 2. The molecule has 1 N–H and O–H groups in total. The summed E-state index contributed by atoms with van der Waals surface area (Å²) >= 11 is 0. The molecule has 100 valence electrons. The van der Waals surface area contributed by atoms with E-state index in [1.165, 1.54) is 4.90 Å². The SMILES string of the molecule is Cc1ccc2c(c1)C(=O)N(C1(C)CCNCC1)C2=O. The van der Waals surface area contributed by atoms with E-state index in [2.05, 4.69) is 5.32 Å². The topological polar surface area (TPSA) is 49.4 Å². The van der Waals surface area contributed by atoms with Gasteiger partial charge in [-0.3, -0.25) is 14.5 Å². The summed E-state index contributed by atoms with van der Waals surface area (Å²) in [5.41, 5.74) is 1.77. The maximum Gasteiger partial charge on any atom is 0.262 e. The van der Waals surface area contributed by atoms with Gasteiger partial charge in [0.05, 0.1) is 16.7 Å². The van der Waals surface area contributed by atoms with Crippen LogP contribution in [0.25, 0.3) is 0 Å². The molecule has 2 amide bonds. The highest BCUT2D eigenvalue weighted by Crippen LogP contribution is 2.34. The summed E-state index contributed by atoms with van der Waals surface area (Å²) in [6.07, 6.45) is 1.63. The first-order valence-corrected chi connectivity index (χ1v) is 6.73. The van der Waals surface area contributed by atoms with Gasteiger partial charge in [0.25, 0.3) is 11.8 Å². The van der Waals surface area contributed by atoms with Crippen LogP contribution in [0.3, 0.4) is 0 Å². The minimum atomic E-state index is -0.355. The summed E-state index contributed by atoms with van der Waals surface area (Å²) in [6.45, 7) is 5.65. The monoisotopic (exact) mass is 258 g/mol. The molecule has 0 atom stereocenters. The Labute approximate surface area is 112 Å². The highest BCUT2D eigenvalue weighted by molar-refractivity contribution is 6.21. The maximum atomic E-state index is 12.5. The predicted octanol–water partition coefficient (Wildman–Crippen LogP) is 1.73. The lowest BCUT2D eigenvalue weighted by Gasteiger charge is -2.40. The molecule has 0 saturated carbocycles. The lowest BCUT2D eigenvalue weighted by molar-refractivity contribution is 0.0388. The molecule has 1 aromatic carbocycles. The van der Waals surface area contributed by atoms with Crippen LogP contribution < -0.4 is 5.32 Å². The molecule has 4 nitrogen and oxygen atoms in total. The van der Waals surface area contributed by atoms with Crippen LogP contribution in [0.15, 0.2) is 18.2 Å². The lowest BCUT2D eigenvalue weighted by atomic mass is 9.88. The minimum absolute atomic E-state index is 0.131. The molecule has 0 spiro atoms. The molecule has 0 bridgehead atoms. The Morgan fingerprint density at radius 3 is 2.42 bits per heavy atom. The van der Waals surface area contributed by atoms with E-state index in [4.69, 9.17) is 0 Å². The summed E-state index contributed by atoms with van der Waals surface area (Å²) in [5.74, 6) is -0.266. The fraction of sp³-hybridized carbons (Fsp3) is 0.467. The second-order valence-corrected chi connectivity index (χ2v) is 5.74. The van der Waals surface area contributed by atoms with E-state index in [9.17, 15) is 9.59 Å². The molecule has 0 aliphatic carbocycles. The Bertz CT molecular complexity index is 559. The van der Waals surface area contributed by atoms with Crippen molar-refractivity contribution in [2.24, 2.45) is 0 Å². The first kappa shape index (κ1) is 12.4. The molecule has 0 aromatic heterocycles. The normalized spacial score (nSPS) is 21.7. The molecule has 0 unspecified atom stereocenters. The third-order valence-corrected chi connectivity index (χ3v) is 4.26. The molecule has 3 rings (SSSR count). The second kappa shape index (κ2) is 4.17. The number of benzene rings is 1. The van der Waals surface area contributed by atoms with Gasteiger partial charge < -0.3 is 5.32 Å². The first-order valence-electron chi connectivity index (χ1n) is 6.73. The number of hydrogen-bond acceptors (Lipinski definition) is 3. The van der Waals surface area contributed by atoms with Crippen molar-refractivity contribution in [3.63, 3.8) is 0 Å². The lowest BCUT2D eigenvalue weighted by Crippen LogP contribution is -2.54. The van der Waals surface area contributed by atoms with E-state index in [1.54, 1.807) is 6.07 Å². The smallest absolute Gasteiger partial charge is 0.262 e. The number of fused-ring (bicyclic) bond motifs is 1. The van der Waals surface area contributed by atoms with Crippen molar-refractivity contribution < 1.29 is 9.59 Å². The Balaban J connectivity index is 2.02. The number of carbonyl (C=O) groups is 2. The number of piperidine rings is 1. The van der Waals surface area contributed by atoms with Gasteiger partial charge in [-0.1, -0.05) is 11.6 Å². The molecular formula is C15H18N2O2. The molecule has 1 saturated heterocycles. The number of hydrogen-bond donors (Lipinski definition) is 1. The molecule has 2 aliphatic rings. The molecule has 4 heteroatoms. The quantitative estimate of drug-likeness (QED) is 0.780. The number of nitrogens with one attached hydrogen (secondary N) is 1. The van der Waals surface area contributed by atoms with E-state index in [0.717, 1.165) is 31.5 Å². The zero-order chi connectivity index (χ0) is 13.6. The standard InChI is InChI=1S/C15H18N2O2/c1-10-3-4-11-12(9-10)14(19)17(13(11)18)15(2)5-7-16-8-6-15/h3-4,9,16H,5-8H2,1-2H3. The largest absolute Gasteiger partial charge is 0.317 e. The molecule has 19 heavy (non-hydrogen) atoms. The van der Waals surface area contributed by atoms with Gasteiger partial charge in [-0.25, -0.2) is 0 Å². The fourth-order valence-corrected chi connectivity index (χ4v) is 3.03. The second-order valence-electron chi connectivity index (χ2n) is 5.74. The summed E-state index contributed by atoms with van der Waals surface area (Å²) < 4.78 is 0. The molecule has 2 heterocycles. The number of nitrogens with zero attached hydrogens (tertiary/aromatic N) is 1. The van der Waals surface area contributed by atoms with Crippen LogP contribution in [0.5, 0.6) is 0 Å². The van der Waals surface area contributed by atoms with E-state index >= 15 is 0 Å². The van der Waals surface area contributed by atoms with Crippen molar-refractivity contribution in [1.29, 1.82) is 0 Å². The Morgan fingerprint density at radius 2 is 1.74 bits per heavy atom. The van der Waals surface area contributed by atoms with Gasteiger partial charge in [0, 0.05) is 0 Å². The van der Waals surface area contributed by atoms with E-state index < -0.39 is 0 Å². The Kier molecular flexibility index (Phi) is 2.71. The van der Waals surface area contributed by atoms with Gasteiger partial charge in [-0.05, 0) is 51.9 Å². The Morgan fingerprint density at radius 1 is 1.11 bits per heavy atom. The predicted molar refractivity (Wildman–Crippen MR) is 72.2 cm³/mol. The van der Waals surface area contributed by atoms with Crippen molar-refractivity contribution in [3.05, 3.63) is 34.9 Å². The number of aryl methyl sites for hydroxylation is 1. The number of rotatable bonds is 1. The van der Waals surface area contributed by atoms with Crippen molar-refractivity contribution in [3.8, 4) is 0 Å². The zero-order valence-corrected chi connectivity index (χ0v) is 11.3. The molecule has 1 aromatic rings. The molecular weight excluding hydrogens is 240 g/mol. The molecule has 1 fully saturated rings. The molecule has 0 radical (unpaired) electrons. The van der Waals surface area contributed by atoms with Crippen LogP contribution in [0, 0.1) is 6.92 Å². The van der Waals surface area contributed by atoms with E-state index in [1.807, 2.05) is 26.0 Å². The third-order valence-electron chi connectivity index (χ3n) is 4.26. The van der Waals surface area contributed by atoms with E-state index in [-0.39, 0.29) is 17.4 Å². The van der Waals surface area contributed by atoms with E-state index in [0.29, 0.717) is 11.1 Å². The minimum Gasteiger partial charge on any atom is -0.317 e. The summed E-state index contributed by atoms with van der Waals surface area (Å²) in [7, 11) is 0.